The molecule has 0 radical (unpaired) electrons. The van der Waals surface area contributed by atoms with E-state index >= 15 is 0 Å². The van der Waals surface area contributed by atoms with E-state index in [4.69, 9.17) is 0 Å². The quantitative estimate of drug-likeness (QED) is 0.736. The number of amides is 2. The lowest BCUT2D eigenvalue weighted by molar-refractivity contribution is 0.257. The van der Waals surface area contributed by atoms with Gasteiger partial charge in [-0.05, 0) is 53.3 Å². The molecule has 1 aliphatic rings. The lowest BCUT2D eigenvalue weighted by Gasteiger charge is -2.01. The van der Waals surface area contributed by atoms with Crippen LogP contribution in [0.1, 0.15) is 11.1 Å². The number of aryl methyl sites for hydroxylation is 1. The number of urea groups is 1. The summed E-state index contributed by atoms with van der Waals surface area (Å²) in [6.45, 7) is 1.96. The second kappa shape index (κ2) is 3.56. The first-order valence-electron chi connectivity index (χ1n) is 3.98. The van der Waals surface area contributed by atoms with E-state index in [1.807, 2.05) is 25.1 Å². The van der Waals surface area contributed by atoms with Crippen molar-refractivity contribution in [1.82, 2.24) is 0 Å². The van der Waals surface area contributed by atoms with E-state index in [2.05, 4.69) is 37.8 Å². The Morgan fingerprint density at radius 3 is 2.64 bits per heavy atom. The number of carbonyl (C=O) groups is 1. The number of azo groups is 1. The minimum Gasteiger partial charge on any atom is -0.242 e. The average molecular weight is 299 g/mol. The van der Waals surface area contributed by atoms with Crippen molar-refractivity contribution in [3.05, 3.63) is 32.9 Å². The van der Waals surface area contributed by atoms with Gasteiger partial charge in [0.1, 0.15) is 0 Å². The third-order valence-electron chi connectivity index (χ3n) is 1.86. The van der Waals surface area contributed by atoms with Gasteiger partial charge in [0.05, 0.1) is 0 Å². The highest BCUT2D eigenvalue weighted by atomic mass is 127. The fraction of sp³-hybridized carbons (Fsp3) is 0.111. The number of carbonyl (C=O) groups excluding carboxylic acids is 1. The first-order valence-corrected chi connectivity index (χ1v) is 5.05. The summed E-state index contributed by atoms with van der Waals surface area (Å²) in [5.41, 5.74) is 1.91. The third-order valence-corrected chi connectivity index (χ3v) is 2.53. The Balaban J connectivity index is 2.48. The maximum absolute atomic E-state index is 10.8. The van der Waals surface area contributed by atoms with Crippen LogP contribution in [0.2, 0.25) is 0 Å². The maximum atomic E-state index is 10.8. The third kappa shape index (κ3) is 1.72. The Kier molecular flexibility index (Phi) is 2.40. The summed E-state index contributed by atoms with van der Waals surface area (Å²) >= 11 is 2.23. The molecular formula is C9H6IN3O. The second-order valence-electron chi connectivity index (χ2n) is 2.88. The van der Waals surface area contributed by atoms with Crippen LogP contribution in [0.4, 0.5) is 4.79 Å². The zero-order valence-corrected chi connectivity index (χ0v) is 9.52. The van der Waals surface area contributed by atoms with Crippen molar-refractivity contribution in [3.8, 4) is 0 Å². The zero-order valence-electron chi connectivity index (χ0n) is 7.36. The fourth-order valence-corrected chi connectivity index (χ4v) is 1.86. The molecule has 1 heterocycles. The largest absolute Gasteiger partial charge is 0.387 e. The fourth-order valence-electron chi connectivity index (χ4n) is 1.22. The van der Waals surface area contributed by atoms with Crippen molar-refractivity contribution in [2.75, 3.05) is 0 Å². The minimum absolute atomic E-state index is 0.406. The summed E-state index contributed by atoms with van der Waals surface area (Å²) in [5.74, 6) is 0.406. The van der Waals surface area contributed by atoms with Gasteiger partial charge in [-0.2, -0.15) is 4.99 Å². The van der Waals surface area contributed by atoms with Gasteiger partial charge in [0.25, 0.3) is 0 Å². The van der Waals surface area contributed by atoms with Gasteiger partial charge in [-0.15, -0.1) is 5.11 Å². The smallest absolute Gasteiger partial charge is 0.242 e. The van der Waals surface area contributed by atoms with E-state index in [1.165, 1.54) is 0 Å². The SMILES string of the molecule is Cc1cc(I)ccc1C1=NC(=O)N=N1. The number of halogens is 1. The number of amidine groups is 1. The maximum Gasteiger partial charge on any atom is 0.387 e. The number of hydrogen-bond donors (Lipinski definition) is 0. The van der Waals surface area contributed by atoms with Crippen molar-refractivity contribution < 1.29 is 4.79 Å². The van der Waals surface area contributed by atoms with Crippen LogP contribution in [-0.2, 0) is 0 Å². The molecule has 0 spiro atoms. The van der Waals surface area contributed by atoms with Crippen LogP contribution in [0.3, 0.4) is 0 Å². The van der Waals surface area contributed by atoms with Crippen molar-refractivity contribution in [2.45, 2.75) is 6.92 Å². The molecule has 1 aliphatic heterocycles. The molecule has 0 saturated carbocycles. The average Bonchev–Trinajstić information content (AvgIpc) is 2.51. The Hall–Kier alpha value is -1.11. The van der Waals surface area contributed by atoms with Gasteiger partial charge >= 0.3 is 6.03 Å². The number of rotatable bonds is 1. The molecular weight excluding hydrogens is 293 g/mol. The number of aliphatic imine (C=N–C) groups is 1. The minimum atomic E-state index is -0.530. The molecule has 0 bridgehead atoms. The van der Waals surface area contributed by atoms with Gasteiger partial charge in [0, 0.05) is 9.13 Å². The van der Waals surface area contributed by atoms with Gasteiger partial charge in [-0.25, -0.2) is 4.79 Å². The van der Waals surface area contributed by atoms with Gasteiger partial charge in [-0.3, -0.25) is 0 Å². The molecule has 2 rings (SSSR count). The first kappa shape index (κ1) is 9.45. The number of hydrogen-bond acceptors (Lipinski definition) is 2. The summed E-state index contributed by atoms with van der Waals surface area (Å²) < 4.78 is 1.14. The summed E-state index contributed by atoms with van der Waals surface area (Å²) in [6, 6.07) is 5.33. The molecule has 70 valence electrons. The van der Waals surface area contributed by atoms with E-state index in [0.717, 1.165) is 14.7 Å². The molecule has 0 aliphatic carbocycles. The molecule has 1 aromatic rings. The molecule has 0 atom stereocenters. The molecule has 5 heteroatoms. The van der Waals surface area contributed by atoms with Gasteiger partial charge in [-0.1, -0.05) is 5.11 Å². The van der Waals surface area contributed by atoms with Crippen LogP contribution >= 0.6 is 22.6 Å². The highest BCUT2D eigenvalue weighted by molar-refractivity contribution is 14.1. The number of nitrogens with zero attached hydrogens (tertiary/aromatic N) is 3. The Morgan fingerprint density at radius 2 is 2.07 bits per heavy atom. The van der Waals surface area contributed by atoms with Crippen LogP contribution in [0.5, 0.6) is 0 Å². The predicted molar refractivity (Wildman–Crippen MR) is 60.7 cm³/mol. The molecule has 1 aromatic carbocycles. The highest BCUT2D eigenvalue weighted by Gasteiger charge is 2.13. The van der Waals surface area contributed by atoms with Crippen LogP contribution in [0.25, 0.3) is 0 Å². The summed E-state index contributed by atoms with van der Waals surface area (Å²) in [5, 5.41) is 7.04. The normalized spacial score (nSPS) is 14.7. The Morgan fingerprint density at radius 1 is 1.29 bits per heavy atom. The molecule has 0 aromatic heterocycles. The van der Waals surface area contributed by atoms with Crippen molar-refractivity contribution >= 4 is 34.5 Å². The summed E-state index contributed by atoms with van der Waals surface area (Å²) in [7, 11) is 0. The van der Waals surface area contributed by atoms with Crippen LogP contribution in [0, 0.1) is 10.5 Å². The summed E-state index contributed by atoms with van der Waals surface area (Å²) in [6.07, 6.45) is 0. The standard InChI is InChI=1S/C9H6IN3O/c1-5-4-6(10)2-3-7(5)8-11-9(14)13-12-8/h2-4H,1H3. The van der Waals surface area contributed by atoms with E-state index in [-0.39, 0.29) is 0 Å². The van der Waals surface area contributed by atoms with Gasteiger partial charge < -0.3 is 0 Å². The molecule has 0 saturated heterocycles. The van der Waals surface area contributed by atoms with Gasteiger partial charge in [0.15, 0.2) is 5.84 Å². The molecule has 0 N–H and O–H groups in total. The second-order valence-corrected chi connectivity index (χ2v) is 4.12. The predicted octanol–water partition coefficient (Wildman–Crippen LogP) is 2.93. The lowest BCUT2D eigenvalue weighted by atomic mass is 10.1. The van der Waals surface area contributed by atoms with E-state index in [1.54, 1.807) is 0 Å². The van der Waals surface area contributed by atoms with E-state index in [0.29, 0.717) is 5.84 Å². The molecule has 14 heavy (non-hydrogen) atoms. The van der Waals surface area contributed by atoms with E-state index in [9.17, 15) is 4.79 Å². The van der Waals surface area contributed by atoms with Crippen molar-refractivity contribution in [1.29, 1.82) is 0 Å². The highest BCUT2D eigenvalue weighted by Crippen LogP contribution is 2.16. The van der Waals surface area contributed by atoms with Crippen LogP contribution in [-0.4, -0.2) is 11.9 Å². The molecule has 0 fully saturated rings. The summed E-state index contributed by atoms with van der Waals surface area (Å²) in [4.78, 5) is 14.4. The Labute approximate surface area is 94.3 Å². The Bertz CT molecular complexity index is 465. The molecule has 4 nitrogen and oxygen atoms in total. The first-order chi connectivity index (χ1) is 6.66. The topological polar surface area (TPSA) is 54.1 Å². The van der Waals surface area contributed by atoms with Crippen LogP contribution in [0.15, 0.2) is 33.4 Å². The van der Waals surface area contributed by atoms with E-state index < -0.39 is 6.03 Å². The number of benzene rings is 1. The molecule has 2 amide bonds. The van der Waals surface area contributed by atoms with Crippen LogP contribution < -0.4 is 0 Å². The van der Waals surface area contributed by atoms with Crippen molar-refractivity contribution in [2.24, 2.45) is 15.2 Å². The lowest BCUT2D eigenvalue weighted by Crippen LogP contribution is -1.98. The monoisotopic (exact) mass is 299 g/mol. The molecule has 0 unspecified atom stereocenters. The zero-order chi connectivity index (χ0) is 10.1. The van der Waals surface area contributed by atoms with Gasteiger partial charge in [0.2, 0.25) is 0 Å². The van der Waals surface area contributed by atoms with Crippen molar-refractivity contribution in [3.63, 3.8) is 0 Å².